The third-order valence-corrected chi connectivity index (χ3v) is 3.84. The normalized spacial score (nSPS) is 10.6. The molecule has 0 saturated carbocycles. The molecule has 3 rings (SSSR count). The van der Waals surface area contributed by atoms with Crippen molar-refractivity contribution < 1.29 is 9.32 Å². The summed E-state index contributed by atoms with van der Waals surface area (Å²) in [6.45, 7) is 2.22. The molecule has 122 valence electrons. The monoisotopic (exact) mass is 341 g/mol. The highest BCUT2D eigenvalue weighted by molar-refractivity contribution is 6.30. The van der Waals surface area contributed by atoms with Crippen LogP contribution in [0.5, 0.6) is 0 Å². The van der Waals surface area contributed by atoms with Crippen LogP contribution in [0, 0.1) is 6.92 Å². The van der Waals surface area contributed by atoms with Gasteiger partial charge in [-0.25, -0.2) is 0 Å². The van der Waals surface area contributed by atoms with Crippen molar-refractivity contribution in [2.45, 2.75) is 13.5 Å². The Morgan fingerprint density at radius 3 is 2.46 bits per heavy atom. The Morgan fingerprint density at radius 2 is 1.79 bits per heavy atom. The summed E-state index contributed by atoms with van der Waals surface area (Å²) in [5, 5.41) is 4.59. The van der Waals surface area contributed by atoms with Gasteiger partial charge in [-0.15, -0.1) is 0 Å². The second kappa shape index (κ2) is 6.84. The maximum absolute atomic E-state index is 12.4. The topological polar surface area (TPSA) is 59.2 Å². The minimum absolute atomic E-state index is 0.0961. The van der Waals surface area contributed by atoms with Crippen LogP contribution in [0.2, 0.25) is 5.02 Å². The van der Waals surface area contributed by atoms with E-state index in [0.717, 1.165) is 11.1 Å². The maximum atomic E-state index is 12.4. The molecule has 2 aromatic carbocycles. The van der Waals surface area contributed by atoms with E-state index in [9.17, 15) is 4.79 Å². The van der Waals surface area contributed by atoms with Crippen molar-refractivity contribution in [2.24, 2.45) is 0 Å². The summed E-state index contributed by atoms with van der Waals surface area (Å²) in [5.74, 6) is 0.752. The van der Waals surface area contributed by atoms with Gasteiger partial charge in [-0.2, -0.15) is 4.98 Å². The fourth-order valence-corrected chi connectivity index (χ4v) is 2.35. The number of nitrogens with zero attached hydrogens (tertiary/aromatic N) is 3. The van der Waals surface area contributed by atoms with Gasteiger partial charge in [-0.05, 0) is 43.3 Å². The summed E-state index contributed by atoms with van der Waals surface area (Å²) in [6, 6.07) is 14.6. The smallest absolute Gasteiger partial charge is 0.254 e. The lowest BCUT2D eigenvalue weighted by Gasteiger charge is -2.14. The first kappa shape index (κ1) is 16.2. The van der Waals surface area contributed by atoms with Crippen LogP contribution in [0.15, 0.2) is 53.1 Å². The van der Waals surface area contributed by atoms with Crippen LogP contribution < -0.4 is 0 Å². The van der Waals surface area contributed by atoms with Crippen molar-refractivity contribution >= 4 is 17.5 Å². The molecular formula is C18H16ClN3O2. The minimum atomic E-state index is -0.0961. The highest BCUT2D eigenvalue weighted by atomic mass is 35.5. The molecule has 1 amide bonds. The standard InChI is InChI=1S/C18H16ClN3O2/c1-12-3-5-14(6-4-12)18(23)22(2)11-16-20-17(21-24-16)13-7-9-15(19)10-8-13/h3-10H,11H2,1-2H3. The van der Waals surface area contributed by atoms with Crippen LogP contribution in [0.1, 0.15) is 21.8 Å². The molecule has 0 bridgehead atoms. The number of aryl methyl sites for hydroxylation is 1. The average molecular weight is 342 g/mol. The van der Waals surface area contributed by atoms with Crippen LogP contribution in [-0.2, 0) is 6.54 Å². The Labute approximate surface area is 144 Å². The van der Waals surface area contributed by atoms with E-state index < -0.39 is 0 Å². The highest BCUT2D eigenvalue weighted by Crippen LogP contribution is 2.19. The number of rotatable bonds is 4. The lowest BCUT2D eigenvalue weighted by molar-refractivity contribution is 0.0769. The van der Waals surface area contributed by atoms with Crippen LogP contribution in [0.25, 0.3) is 11.4 Å². The number of benzene rings is 2. The Morgan fingerprint density at radius 1 is 1.12 bits per heavy atom. The largest absolute Gasteiger partial charge is 0.337 e. The SMILES string of the molecule is Cc1ccc(C(=O)N(C)Cc2nc(-c3ccc(Cl)cc3)no2)cc1. The Bertz CT molecular complexity index is 841. The first-order chi connectivity index (χ1) is 11.5. The van der Waals surface area contributed by atoms with Gasteiger partial charge in [0.25, 0.3) is 5.91 Å². The fraction of sp³-hybridized carbons (Fsp3) is 0.167. The summed E-state index contributed by atoms with van der Waals surface area (Å²) < 4.78 is 5.24. The Balaban J connectivity index is 1.70. The van der Waals surface area contributed by atoms with Gasteiger partial charge in [-0.1, -0.05) is 34.5 Å². The van der Waals surface area contributed by atoms with E-state index in [0.29, 0.717) is 22.3 Å². The molecule has 0 radical (unpaired) electrons. The van der Waals surface area contributed by atoms with E-state index in [4.69, 9.17) is 16.1 Å². The Hall–Kier alpha value is -2.66. The van der Waals surface area contributed by atoms with Crippen LogP contribution in [0.4, 0.5) is 0 Å². The van der Waals surface area contributed by atoms with Crippen molar-refractivity contribution in [2.75, 3.05) is 7.05 Å². The molecule has 0 aliphatic carbocycles. The molecule has 0 spiro atoms. The van der Waals surface area contributed by atoms with Crippen molar-refractivity contribution in [1.29, 1.82) is 0 Å². The molecule has 0 fully saturated rings. The zero-order chi connectivity index (χ0) is 17.1. The number of aromatic nitrogens is 2. The Kier molecular flexibility index (Phi) is 4.62. The zero-order valence-electron chi connectivity index (χ0n) is 13.4. The summed E-state index contributed by atoms with van der Waals surface area (Å²) in [5.41, 5.74) is 2.54. The molecule has 3 aromatic rings. The van der Waals surface area contributed by atoms with Gasteiger partial charge in [-0.3, -0.25) is 4.79 Å². The second-order valence-corrected chi connectivity index (χ2v) is 5.98. The van der Waals surface area contributed by atoms with E-state index in [2.05, 4.69) is 10.1 Å². The van der Waals surface area contributed by atoms with E-state index in [-0.39, 0.29) is 12.5 Å². The van der Waals surface area contributed by atoms with Crippen molar-refractivity contribution in [3.8, 4) is 11.4 Å². The average Bonchev–Trinajstić information content (AvgIpc) is 3.04. The lowest BCUT2D eigenvalue weighted by Crippen LogP contribution is -2.26. The van der Waals surface area contributed by atoms with Crippen LogP contribution in [-0.4, -0.2) is 28.0 Å². The van der Waals surface area contributed by atoms with Gasteiger partial charge in [0.2, 0.25) is 11.7 Å². The van der Waals surface area contributed by atoms with Gasteiger partial charge in [0, 0.05) is 23.2 Å². The molecule has 0 N–H and O–H groups in total. The molecule has 6 heteroatoms. The van der Waals surface area contributed by atoms with Crippen molar-refractivity contribution in [3.63, 3.8) is 0 Å². The van der Waals surface area contributed by atoms with Gasteiger partial charge in [0.05, 0.1) is 6.54 Å². The molecule has 24 heavy (non-hydrogen) atoms. The number of hydrogen-bond donors (Lipinski definition) is 0. The molecule has 0 aliphatic heterocycles. The van der Waals surface area contributed by atoms with Gasteiger partial charge < -0.3 is 9.42 Å². The third-order valence-electron chi connectivity index (χ3n) is 3.59. The number of carbonyl (C=O) groups is 1. The van der Waals surface area contributed by atoms with Crippen molar-refractivity contribution in [1.82, 2.24) is 15.0 Å². The highest BCUT2D eigenvalue weighted by Gasteiger charge is 2.16. The van der Waals surface area contributed by atoms with Crippen LogP contribution in [0.3, 0.4) is 0 Å². The minimum Gasteiger partial charge on any atom is -0.337 e. The number of carbonyl (C=O) groups excluding carboxylic acids is 1. The summed E-state index contributed by atoms with van der Waals surface area (Å²) in [4.78, 5) is 18.3. The predicted molar refractivity (Wildman–Crippen MR) is 91.7 cm³/mol. The van der Waals surface area contributed by atoms with E-state index >= 15 is 0 Å². The molecule has 1 aromatic heterocycles. The fourth-order valence-electron chi connectivity index (χ4n) is 2.23. The van der Waals surface area contributed by atoms with Crippen LogP contribution >= 0.6 is 11.6 Å². The lowest BCUT2D eigenvalue weighted by atomic mass is 10.1. The van der Waals surface area contributed by atoms with E-state index in [1.54, 1.807) is 36.2 Å². The molecule has 0 saturated heterocycles. The first-order valence-corrected chi connectivity index (χ1v) is 7.81. The number of halogens is 1. The molecule has 0 atom stereocenters. The molecule has 0 unspecified atom stereocenters. The number of amides is 1. The summed E-state index contributed by atoms with van der Waals surface area (Å²) >= 11 is 5.87. The molecular weight excluding hydrogens is 326 g/mol. The zero-order valence-corrected chi connectivity index (χ0v) is 14.1. The third kappa shape index (κ3) is 3.63. The molecule has 0 aliphatic rings. The molecule has 1 heterocycles. The number of hydrogen-bond acceptors (Lipinski definition) is 4. The van der Waals surface area contributed by atoms with Gasteiger partial charge in [0.15, 0.2) is 0 Å². The van der Waals surface area contributed by atoms with Gasteiger partial charge >= 0.3 is 0 Å². The van der Waals surface area contributed by atoms with Crippen molar-refractivity contribution in [3.05, 3.63) is 70.6 Å². The second-order valence-electron chi connectivity index (χ2n) is 5.55. The van der Waals surface area contributed by atoms with Gasteiger partial charge in [0.1, 0.15) is 0 Å². The van der Waals surface area contributed by atoms with E-state index in [1.807, 2.05) is 31.2 Å². The summed E-state index contributed by atoms with van der Waals surface area (Å²) in [7, 11) is 1.70. The predicted octanol–water partition coefficient (Wildman–Crippen LogP) is 3.97. The first-order valence-electron chi connectivity index (χ1n) is 7.43. The van der Waals surface area contributed by atoms with E-state index in [1.165, 1.54) is 0 Å². The summed E-state index contributed by atoms with van der Waals surface area (Å²) in [6.07, 6.45) is 0. The molecule has 5 nitrogen and oxygen atoms in total. The maximum Gasteiger partial charge on any atom is 0.254 e. The quantitative estimate of drug-likeness (QED) is 0.720.